The molecule has 6 nitrogen and oxygen atoms in total. The molecule has 1 saturated heterocycles. The van der Waals surface area contributed by atoms with Crippen LogP contribution in [0.25, 0.3) is 22.2 Å². The second-order valence-electron chi connectivity index (χ2n) is 7.56. The van der Waals surface area contributed by atoms with Gasteiger partial charge < -0.3 is 14.2 Å². The fourth-order valence-corrected chi connectivity index (χ4v) is 4.53. The minimum absolute atomic E-state index is 0.0339. The molecule has 0 amide bonds. The normalized spacial score (nSPS) is 14.3. The maximum atomic E-state index is 12.8. The third kappa shape index (κ3) is 4.24. The summed E-state index contributed by atoms with van der Waals surface area (Å²) in [5.41, 5.74) is 4.71. The van der Waals surface area contributed by atoms with Crippen molar-refractivity contribution < 1.29 is 4.74 Å². The Balaban J connectivity index is 1.50. The number of rotatable bonds is 4. The van der Waals surface area contributed by atoms with Gasteiger partial charge in [0.1, 0.15) is 0 Å². The Morgan fingerprint density at radius 3 is 2.61 bits per heavy atom. The van der Waals surface area contributed by atoms with Crippen molar-refractivity contribution in [2.45, 2.75) is 6.54 Å². The first-order valence-corrected chi connectivity index (χ1v) is 11.5. The number of benzene rings is 1. The number of morpholine rings is 1. The summed E-state index contributed by atoms with van der Waals surface area (Å²) in [5, 5.41) is 0.980. The third-order valence-corrected chi connectivity index (χ3v) is 6.58. The van der Waals surface area contributed by atoms with Gasteiger partial charge in [-0.1, -0.05) is 24.9 Å². The van der Waals surface area contributed by atoms with E-state index < -0.39 is 0 Å². The van der Waals surface area contributed by atoms with E-state index in [2.05, 4.69) is 75.6 Å². The van der Waals surface area contributed by atoms with Crippen molar-refractivity contribution in [3.8, 4) is 11.1 Å². The van der Waals surface area contributed by atoms with Crippen LogP contribution in [0.3, 0.4) is 0 Å². The van der Waals surface area contributed by atoms with Crippen LogP contribution in [0.2, 0.25) is 0 Å². The Labute approximate surface area is 199 Å². The molecule has 0 N–H and O–H groups in total. The van der Waals surface area contributed by atoms with Gasteiger partial charge in [-0.15, -0.1) is 0 Å². The molecule has 0 saturated carbocycles. The van der Waals surface area contributed by atoms with E-state index in [4.69, 9.17) is 4.74 Å². The molecule has 0 aliphatic carbocycles. The predicted octanol–water partition coefficient (Wildman–Crippen LogP) is 4.05. The molecule has 0 atom stereocenters. The van der Waals surface area contributed by atoms with Crippen LogP contribution in [0.15, 0.2) is 65.8 Å². The number of anilines is 1. The van der Waals surface area contributed by atoms with Crippen molar-refractivity contribution in [3.63, 3.8) is 0 Å². The summed E-state index contributed by atoms with van der Waals surface area (Å²) < 4.78 is 10.1. The molecule has 1 fully saturated rings. The van der Waals surface area contributed by atoms with Gasteiger partial charge in [0.15, 0.2) is 5.65 Å². The zero-order valence-corrected chi connectivity index (χ0v) is 19.8. The Kier molecular flexibility index (Phi) is 5.77. The SMILES string of the molecule is O=c1cc(-c2cn(S)c3ncc(N4CCOCC4)cc23)ccn1Cc1ccc(I)cc1. The average molecular weight is 544 g/mol. The van der Waals surface area contributed by atoms with Crippen LogP contribution in [0.4, 0.5) is 5.69 Å². The number of hydrogen-bond donors (Lipinski definition) is 1. The first-order chi connectivity index (χ1) is 15.1. The summed E-state index contributed by atoms with van der Waals surface area (Å²) in [6, 6.07) is 14.0. The van der Waals surface area contributed by atoms with Crippen molar-refractivity contribution in [2.75, 3.05) is 31.2 Å². The van der Waals surface area contributed by atoms with E-state index in [0.717, 1.165) is 59.7 Å². The highest BCUT2D eigenvalue weighted by Gasteiger charge is 2.16. The number of ether oxygens (including phenoxy) is 1. The quantitative estimate of drug-likeness (QED) is 0.311. The van der Waals surface area contributed by atoms with Crippen LogP contribution in [-0.4, -0.2) is 39.8 Å². The van der Waals surface area contributed by atoms with Crippen LogP contribution < -0.4 is 10.5 Å². The van der Waals surface area contributed by atoms with Crippen molar-refractivity contribution in [1.82, 2.24) is 13.5 Å². The molecule has 0 bridgehead atoms. The molecule has 0 radical (unpaired) electrons. The Morgan fingerprint density at radius 1 is 1.10 bits per heavy atom. The third-order valence-electron chi connectivity index (χ3n) is 5.56. The molecule has 5 rings (SSSR count). The summed E-state index contributed by atoms with van der Waals surface area (Å²) in [6.45, 7) is 3.68. The van der Waals surface area contributed by atoms with E-state index in [1.807, 2.05) is 24.7 Å². The predicted molar refractivity (Wildman–Crippen MR) is 135 cm³/mol. The van der Waals surface area contributed by atoms with Gasteiger partial charge in [0.2, 0.25) is 0 Å². The lowest BCUT2D eigenvalue weighted by Crippen LogP contribution is -2.36. The molecule has 158 valence electrons. The van der Waals surface area contributed by atoms with Crippen LogP contribution in [0.1, 0.15) is 5.56 Å². The van der Waals surface area contributed by atoms with Crippen molar-refractivity contribution in [3.05, 3.63) is 80.5 Å². The van der Waals surface area contributed by atoms with Gasteiger partial charge in [-0.05, 0) is 58.0 Å². The Morgan fingerprint density at radius 2 is 1.87 bits per heavy atom. The van der Waals surface area contributed by atoms with Gasteiger partial charge in [-0.3, -0.25) is 8.77 Å². The maximum absolute atomic E-state index is 12.8. The number of halogens is 1. The smallest absolute Gasteiger partial charge is 0.251 e. The lowest BCUT2D eigenvalue weighted by atomic mass is 10.1. The highest BCUT2D eigenvalue weighted by atomic mass is 127. The lowest BCUT2D eigenvalue weighted by Gasteiger charge is -2.28. The standard InChI is InChI=1S/C23H21IN4O2S/c24-18-3-1-16(2-4-18)14-27-6-5-17(11-22(27)29)21-15-28(31)23-20(21)12-19(13-25-23)26-7-9-30-10-8-26/h1-6,11-13,15,31H,7-10,14H2. The topological polar surface area (TPSA) is 52.3 Å². The van der Waals surface area contributed by atoms with Gasteiger partial charge in [0.25, 0.3) is 5.56 Å². The zero-order valence-electron chi connectivity index (χ0n) is 16.7. The molecule has 4 aromatic rings. The Hall–Kier alpha value is -2.30. The highest BCUT2D eigenvalue weighted by Crippen LogP contribution is 2.32. The number of aromatic nitrogens is 3. The van der Waals surface area contributed by atoms with Crippen molar-refractivity contribution in [2.24, 2.45) is 0 Å². The van der Waals surface area contributed by atoms with Gasteiger partial charge in [0, 0.05) is 46.1 Å². The van der Waals surface area contributed by atoms with Crippen LogP contribution in [0.5, 0.6) is 0 Å². The number of fused-ring (bicyclic) bond motifs is 1. The van der Waals surface area contributed by atoms with Gasteiger partial charge in [0.05, 0.1) is 31.6 Å². The van der Waals surface area contributed by atoms with Crippen LogP contribution in [-0.2, 0) is 11.3 Å². The lowest BCUT2D eigenvalue weighted by molar-refractivity contribution is 0.122. The minimum Gasteiger partial charge on any atom is -0.378 e. The van der Waals surface area contributed by atoms with Gasteiger partial charge in [-0.25, -0.2) is 4.98 Å². The van der Waals surface area contributed by atoms with Gasteiger partial charge >= 0.3 is 0 Å². The first kappa shape index (κ1) is 20.6. The van der Waals surface area contributed by atoms with E-state index in [0.29, 0.717) is 6.54 Å². The summed E-state index contributed by atoms with van der Waals surface area (Å²) in [6.07, 6.45) is 5.65. The first-order valence-electron chi connectivity index (χ1n) is 10.1. The van der Waals surface area contributed by atoms with E-state index in [1.165, 1.54) is 3.57 Å². The Bertz CT molecular complexity index is 1290. The molecule has 0 unspecified atom stereocenters. The summed E-state index contributed by atoms with van der Waals surface area (Å²) in [4.78, 5) is 19.7. The summed E-state index contributed by atoms with van der Waals surface area (Å²) in [5.74, 6) is 0. The number of hydrogen-bond acceptors (Lipinski definition) is 5. The molecule has 8 heteroatoms. The van der Waals surface area contributed by atoms with E-state index in [9.17, 15) is 4.79 Å². The number of thiol groups is 1. The monoisotopic (exact) mass is 544 g/mol. The molecular weight excluding hydrogens is 523 g/mol. The second kappa shape index (κ2) is 8.68. The van der Waals surface area contributed by atoms with Crippen LogP contribution in [0, 0.1) is 3.57 Å². The molecular formula is C23H21IN4O2S. The molecule has 0 spiro atoms. The maximum Gasteiger partial charge on any atom is 0.251 e. The zero-order chi connectivity index (χ0) is 21.4. The number of nitrogens with zero attached hydrogens (tertiary/aromatic N) is 4. The highest BCUT2D eigenvalue weighted by molar-refractivity contribution is 14.1. The molecule has 3 aromatic heterocycles. The number of pyridine rings is 2. The minimum atomic E-state index is -0.0339. The molecule has 31 heavy (non-hydrogen) atoms. The fourth-order valence-electron chi connectivity index (χ4n) is 3.90. The van der Waals surface area contributed by atoms with E-state index in [-0.39, 0.29) is 5.56 Å². The van der Waals surface area contributed by atoms with Crippen LogP contribution >= 0.6 is 35.4 Å². The van der Waals surface area contributed by atoms with Crippen molar-refractivity contribution in [1.29, 1.82) is 0 Å². The van der Waals surface area contributed by atoms with Gasteiger partial charge in [-0.2, -0.15) is 0 Å². The summed E-state index contributed by atoms with van der Waals surface area (Å²) >= 11 is 6.82. The second-order valence-corrected chi connectivity index (χ2v) is 9.24. The molecule has 1 aliphatic heterocycles. The van der Waals surface area contributed by atoms with E-state index in [1.54, 1.807) is 14.6 Å². The van der Waals surface area contributed by atoms with Crippen molar-refractivity contribution >= 4 is 52.1 Å². The largest absolute Gasteiger partial charge is 0.378 e. The fraction of sp³-hybridized carbons (Fsp3) is 0.217. The van der Waals surface area contributed by atoms with E-state index >= 15 is 0 Å². The molecule has 4 heterocycles. The summed E-state index contributed by atoms with van der Waals surface area (Å²) in [7, 11) is 0. The average Bonchev–Trinajstić information content (AvgIpc) is 3.13. The molecule has 1 aliphatic rings. The molecule has 1 aromatic carbocycles.